The Labute approximate surface area is 288 Å². The Bertz CT molecular complexity index is 2060. The molecule has 0 amide bonds. The molecule has 0 saturated carbocycles. The first-order valence-corrected chi connectivity index (χ1v) is 16.4. The number of sulfone groups is 1. The third-order valence-electron chi connectivity index (χ3n) is 7.22. The molecule has 0 aliphatic carbocycles. The van der Waals surface area contributed by atoms with Gasteiger partial charge in [-0.05, 0) is 121 Å². The van der Waals surface area contributed by atoms with E-state index in [0.29, 0.717) is 11.5 Å². The molecule has 0 aromatic heterocycles. The van der Waals surface area contributed by atoms with Crippen molar-refractivity contribution in [1.82, 2.24) is 0 Å². The summed E-state index contributed by atoms with van der Waals surface area (Å²) in [6.45, 7) is 0. The number of hydrogen-bond acceptors (Lipinski definition) is 6. The number of para-hydroxylation sites is 2. The van der Waals surface area contributed by atoms with Gasteiger partial charge in [0.25, 0.3) is 0 Å². The molecular weight excluding hydrogens is 698 g/mol. The van der Waals surface area contributed by atoms with E-state index in [2.05, 4.69) is 0 Å². The molecule has 0 radical (unpaired) electrons. The number of alkyl halides is 6. The summed E-state index contributed by atoms with van der Waals surface area (Å²) in [7, 11) is -4.23. The molecule has 6 aromatic rings. The summed E-state index contributed by atoms with van der Waals surface area (Å²) in [5.74, 6) is 1.58. The van der Waals surface area contributed by atoms with Gasteiger partial charge in [0.15, 0.2) is 0 Å². The molecule has 0 heterocycles. The van der Waals surface area contributed by atoms with Crippen LogP contribution < -0.4 is 18.9 Å². The van der Waals surface area contributed by atoms with Crippen LogP contribution in [0.15, 0.2) is 155 Å². The second kappa shape index (κ2) is 14.1. The second-order valence-corrected chi connectivity index (χ2v) is 12.7. The van der Waals surface area contributed by atoms with E-state index < -0.39 is 33.3 Å². The Hall–Kier alpha value is -5.95. The van der Waals surface area contributed by atoms with Crippen molar-refractivity contribution in [3.63, 3.8) is 0 Å². The predicted octanol–water partition coefficient (Wildman–Crippen LogP) is 11.7. The van der Waals surface area contributed by atoms with Crippen molar-refractivity contribution in [3.8, 4) is 46.0 Å². The van der Waals surface area contributed by atoms with E-state index in [4.69, 9.17) is 18.9 Å². The average molecular weight is 723 g/mol. The molecule has 0 bridgehead atoms. The number of rotatable bonds is 10. The van der Waals surface area contributed by atoms with Crippen LogP contribution in [-0.4, -0.2) is 8.42 Å². The molecule has 0 fully saturated rings. The van der Waals surface area contributed by atoms with Crippen LogP contribution in [0.5, 0.6) is 46.0 Å². The Morgan fingerprint density at radius 3 is 0.902 bits per heavy atom. The maximum atomic E-state index is 14.0. The van der Waals surface area contributed by atoms with Crippen LogP contribution in [-0.2, 0) is 22.2 Å². The molecule has 0 spiro atoms. The lowest BCUT2D eigenvalue weighted by Crippen LogP contribution is -2.06. The third kappa shape index (κ3) is 8.44. The molecule has 6 aromatic carbocycles. The summed E-state index contributed by atoms with van der Waals surface area (Å²) in [5.41, 5.74) is -1.61. The van der Waals surface area contributed by atoms with Crippen molar-refractivity contribution in [2.45, 2.75) is 22.1 Å². The first-order chi connectivity index (χ1) is 24.3. The molecule has 0 aliphatic rings. The van der Waals surface area contributed by atoms with Gasteiger partial charge in [-0.3, -0.25) is 0 Å². The third-order valence-corrected chi connectivity index (χ3v) is 9.05. The van der Waals surface area contributed by atoms with E-state index in [1.54, 1.807) is 24.3 Å². The predicted molar refractivity (Wildman–Crippen MR) is 174 cm³/mol. The van der Waals surface area contributed by atoms with E-state index >= 15 is 0 Å². The van der Waals surface area contributed by atoms with Gasteiger partial charge in [-0.25, -0.2) is 8.42 Å². The van der Waals surface area contributed by atoms with Gasteiger partial charge >= 0.3 is 12.4 Å². The van der Waals surface area contributed by atoms with Crippen LogP contribution in [0.1, 0.15) is 11.1 Å². The highest BCUT2D eigenvalue weighted by Gasteiger charge is 2.31. The number of ether oxygens (including phenoxy) is 4. The lowest BCUT2D eigenvalue weighted by atomic mass is 10.2. The Kier molecular flexibility index (Phi) is 9.66. The Balaban J connectivity index is 1.16. The van der Waals surface area contributed by atoms with Crippen LogP contribution in [0.25, 0.3) is 0 Å². The molecule has 6 rings (SSSR count). The molecule has 6 nitrogen and oxygen atoms in total. The van der Waals surface area contributed by atoms with E-state index in [1.807, 2.05) is 0 Å². The molecule has 0 aliphatic heterocycles. The fourth-order valence-electron chi connectivity index (χ4n) is 4.73. The highest BCUT2D eigenvalue weighted by Crippen LogP contribution is 2.39. The lowest BCUT2D eigenvalue weighted by Gasteiger charge is -2.15. The minimum Gasteiger partial charge on any atom is -0.457 e. The van der Waals surface area contributed by atoms with Crippen molar-refractivity contribution in [3.05, 3.63) is 157 Å². The number of benzene rings is 6. The quantitative estimate of drug-likeness (QED) is 0.131. The zero-order valence-electron chi connectivity index (χ0n) is 26.0. The van der Waals surface area contributed by atoms with Crippen molar-refractivity contribution >= 4 is 9.84 Å². The largest absolute Gasteiger partial charge is 0.457 e. The maximum absolute atomic E-state index is 14.0. The van der Waals surface area contributed by atoms with Gasteiger partial charge in [0, 0.05) is 0 Å². The molecular formula is C38H24F6O6S. The van der Waals surface area contributed by atoms with Crippen molar-refractivity contribution in [2.75, 3.05) is 0 Å². The topological polar surface area (TPSA) is 71.1 Å². The van der Waals surface area contributed by atoms with Gasteiger partial charge in [0.2, 0.25) is 9.84 Å². The van der Waals surface area contributed by atoms with Crippen molar-refractivity contribution in [2.24, 2.45) is 0 Å². The van der Waals surface area contributed by atoms with E-state index in [1.165, 1.54) is 97.1 Å². The summed E-state index contributed by atoms with van der Waals surface area (Å²) >= 11 is 0. The lowest BCUT2D eigenvalue weighted by molar-refractivity contribution is -0.138. The first-order valence-electron chi connectivity index (χ1n) is 14.9. The highest BCUT2D eigenvalue weighted by atomic mass is 32.2. The minimum absolute atomic E-state index is 0.0217. The van der Waals surface area contributed by atoms with Crippen molar-refractivity contribution < 1.29 is 53.7 Å². The van der Waals surface area contributed by atoms with Crippen molar-refractivity contribution in [1.29, 1.82) is 0 Å². The number of halogens is 6. The summed E-state index contributed by atoms with van der Waals surface area (Å²) in [6, 6.07) is 32.6. The van der Waals surface area contributed by atoms with E-state index in [-0.39, 0.29) is 44.3 Å². The minimum atomic E-state index is -4.47. The molecule has 260 valence electrons. The van der Waals surface area contributed by atoms with Crippen LogP contribution >= 0.6 is 0 Å². The van der Waals surface area contributed by atoms with Gasteiger partial charge in [0.1, 0.15) is 55.8 Å². The normalized spacial score (nSPS) is 11.9. The van der Waals surface area contributed by atoms with Gasteiger partial charge in [-0.1, -0.05) is 24.3 Å². The SMILES string of the molecule is O=S(=O)(c1ccccc1Oc1ccc(Oc2ccc(C(F)(F)F)cc2)cc1)c1ccccc1Oc1ccc(Oc2ccc(C(F)(F)F)cc2)cc1. The van der Waals surface area contributed by atoms with Crippen LogP contribution in [0.2, 0.25) is 0 Å². The fourth-order valence-corrected chi connectivity index (χ4v) is 6.23. The first kappa shape index (κ1) is 34.9. The molecule has 51 heavy (non-hydrogen) atoms. The maximum Gasteiger partial charge on any atom is 0.416 e. The zero-order chi connectivity index (χ0) is 36.2. The van der Waals surface area contributed by atoms with Crippen LogP contribution in [0.4, 0.5) is 26.3 Å². The molecule has 13 heteroatoms. The molecule has 0 saturated heterocycles. The van der Waals surface area contributed by atoms with E-state index in [0.717, 1.165) is 24.3 Å². The highest BCUT2D eigenvalue weighted by molar-refractivity contribution is 7.91. The van der Waals surface area contributed by atoms with E-state index in [9.17, 15) is 34.8 Å². The van der Waals surface area contributed by atoms with Gasteiger partial charge in [0.05, 0.1) is 11.1 Å². The van der Waals surface area contributed by atoms with Crippen LogP contribution in [0.3, 0.4) is 0 Å². The summed E-state index contributed by atoms with van der Waals surface area (Å²) in [4.78, 5) is -0.294. The molecule has 0 atom stereocenters. The van der Waals surface area contributed by atoms with Gasteiger partial charge in [-0.15, -0.1) is 0 Å². The Morgan fingerprint density at radius 1 is 0.353 bits per heavy atom. The standard InChI is InChI=1S/C38H24F6O6S/c39-37(40,41)25-9-13-27(14-10-25)47-29-17-21-31(22-18-29)49-33-5-1-3-7-35(33)51(45,46)36-8-4-2-6-34(36)50-32-23-19-30(20-24-32)48-28-15-11-26(12-16-28)38(42,43)44/h1-24H. The Morgan fingerprint density at radius 2 is 0.608 bits per heavy atom. The monoisotopic (exact) mass is 722 g/mol. The number of hydrogen-bond donors (Lipinski definition) is 0. The summed E-state index contributed by atoms with van der Waals surface area (Å²) in [6.07, 6.45) is -8.94. The summed E-state index contributed by atoms with van der Waals surface area (Å²) in [5, 5.41) is 0. The van der Waals surface area contributed by atoms with Gasteiger partial charge < -0.3 is 18.9 Å². The second-order valence-electron chi connectivity index (χ2n) is 10.8. The van der Waals surface area contributed by atoms with Crippen LogP contribution in [0, 0.1) is 0 Å². The molecule has 0 N–H and O–H groups in total. The van der Waals surface area contributed by atoms with Gasteiger partial charge in [-0.2, -0.15) is 26.3 Å². The summed E-state index contributed by atoms with van der Waals surface area (Å²) < 4.78 is 128. The fraction of sp³-hybridized carbons (Fsp3) is 0.0526. The molecule has 0 unspecified atom stereocenters. The smallest absolute Gasteiger partial charge is 0.416 e. The average Bonchev–Trinajstić information content (AvgIpc) is 3.10. The zero-order valence-corrected chi connectivity index (χ0v) is 26.8.